The molecule has 0 N–H and O–H groups in total. The summed E-state index contributed by atoms with van der Waals surface area (Å²) in [4.78, 5) is 0. The molecule has 1 atom stereocenters. The lowest BCUT2D eigenvalue weighted by Crippen LogP contribution is -2.51. The Morgan fingerprint density at radius 2 is 0.933 bits per heavy atom. The minimum absolute atomic E-state index is 0.326. The van der Waals surface area contributed by atoms with Crippen molar-refractivity contribution in [2.45, 2.75) is 75.7 Å². The highest BCUT2D eigenvalue weighted by molar-refractivity contribution is 5.01. The van der Waals surface area contributed by atoms with E-state index in [4.69, 9.17) is 0 Å². The predicted molar refractivity (Wildman–Crippen MR) is 71.1 cm³/mol. The van der Waals surface area contributed by atoms with E-state index < -0.39 is 0 Å². The van der Waals surface area contributed by atoms with Gasteiger partial charge in [-0.3, -0.25) is 0 Å². The molecular weight excluding hydrogens is 180 g/mol. The Hall–Kier alpha value is 0. The van der Waals surface area contributed by atoms with Gasteiger partial charge in [-0.15, -0.1) is 0 Å². The van der Waals surface area contributed by atoms with E-state index in [-0.39, 0.29) is 0 Å². The molecule has 0 saturated carbocycles. The standard InChI is InChI=1S/C15H32/c1-11-15(10,13(5,6)7)14(8,9)12(2,3)4/h11H2,1-10H3. The highest BCUT2D eigenvalue weighted by atomic mass is 14.6. The fourth-order valence-electron chi connectivity index (χ4n) is 2.74. The molecule has 0 aromatic heterocycles. The molecule has 92 valence electrons. The fraction of sp³-hybridized carbons (Fsp3) is 1.00. The van der Waals surface area contributed by atoms with Crippen molar-refractivity contribution in [1.82, 2.24) is 0 Å². The van der Waals surface area contributed by atoms with Crippen molar-refractivity contribution in [2.75, 3.05) is 0 Å². The van der Waals surface area contributed by atoms with Gasteiger partial charge in [0, 0.05) is 0 Å². The lowest BCUT2D eigenvalue weighted by Gasteiger charge is -2.58. The zero-order chi connectivity index (χ0) is 12.7. The molecule has 0 aliphatic heterocycles. The average Bonchev–Trinajstić information content (AvgIpc) is 1.98. The first-order valence-corrected chi connectivity index (χ1v) is 6.31. The largest absolute Gasteiger partial charge is 0.0648 e. The predicted octanol–water partition coefficient (Wildman–Crippen LogP) is 5.52. The Balaban J connectivity index is 5.50. The van der Waals surface area contributed by atoms with Crippen molar-refractivity contribution in [3.63, 3.8) is 0 Å². The van der Waals surface area contributed by atoms with Crippen molar-refractivity contribution in [2.24, 2.45) is 21.7 Å². The van der Waals surface area contributed by atoms with Crippen LogP contribution in [0, 0.1) is 21.7 Å². The number of hydrogen-bond donors (Lipinski definition) is 0. The van der Waals surface area contributed by atoms with Crippen molar-refractivity contribution in [1.29, 1.82) is 0 Å². The maximum Gasteiger partial charge on any atom is -0.0224 e. The Morgan fingerprint density at radius 3 is 1.00 bits per heavy atom. The molecule has 0 aromatic carbocycles. The topological polar surface area (TPSA) is 0 Å². The highest BCUT2D eigenvalue weighted by Crippen LogP contribution is 2.60. The average molecular weight is 212 g/mol. The van der Waals surface area contributed by atoms with Gasteiger partial charge in [0.15, 0.2) is 0 Å². The van der Waals surface area contributed by atoms with Crippen LogP contribution in [-0.4, -0.2) is 0 Å². The van der Waals surface area contributed by atoms with E-state index >= 15 is 0 Å². The van der Waals surface area contributed by atoms with Crippen LogP contribution in [-0.2, 0) is 0 Å². The summed E-state index contributed by atoms with van der Waals surface area (Å²) in [6.45, 7) is 23.9. The molecule has 0 aliphatic rings. The minimum Gasteiger partial charge on any atom is -0.0648 e. The van der Waals surface area contributed by atoms with Crippen LogP contribution in [0.2, 0.25) is 0 Å². The molecule has 0 fully saturated rings. The molecule has 0 bridgehead atoms. The number of hydrogen-bond acceptors (Lipinski definition) is 0. The van der Waals surface area contributed by atoms with E-state index in [9.17, 15) is 0 Å². The van der Waals surface area contributed by atoms with Gasteiger partial charge >= 0.3 is 0 Å². The first kappa shape index (κ1) is 15.0. The monoisotopic (exact) mass is 212 g/mol. The van der Waals surface area contributed by atoms with Crippen molar-refractivity contribution >= 4 is 0 Å². The molecule has 0 amide bonds. The summed E-state index contributed by atoms with van der Waals surface area (Å²) in [6.07, 6.45) is 1.24. The second-order valence-corrected chi connectivity index (χ2v) is 7.81. The molecule has 0 rings (SSSR count). The van der Waals surface area contributed by atoms with Crippen molar-refractivity contribution < 1.29 is 0 Å². The van der Waals surface area contributed by atoms with E-state index in [1.165, 1.54) is 6.42 Å². The summed E-state index contributed by atoms with van der Waals surface area (Å²) in [5.74, 6) is 0. The molecule has 0 spiro atoms. The SMILES string of the molecule is CCC(C)(C(C)(C)C)C(C)(C)C(C)(C)C. The normalized spacial score (nSPS) is 18.8. The molecule has 0 radical (unpaired) electrons. The molecule has 1 unspecified atom stereocenters. The highest BCUT2D eigenvalue weighted by Gasteiger charge is 2.52. The molecular formula is C15H32. The summed E-state index contributed by atoms with van der Waals surface area (Å²) in [5, 5.41) is 0. The third-order valence-corrected chi connectivity index (χ3v) is 5.62. The van der Waals surface area contributed by atoms with E-state index in [1.807, 2.05) is 0 Å². The van der Waals surface area contributed by atoms with Gasteiger partial charge in [0.25, 0.3) is 0 Å². The molecule has 0 saturated heterocycles. The third kappa shape index (κ3) is 2.24. The lowest BCUT2D eigenvalue weighted by molar-refractivity contribution is -0.0954. The van der Waals surface area contributed by atoms with E-state index in [0.29, 0.717) is 21.7 Å². The first-order chi connectivity index (χ1) is 6.31. The molecule has 0 heteroatoms. The summed E-state index contributed by atoms with van der Waals surface area (Å²) >= 11 is 0. The van der Waals surface area contributed by atoms with Crippen LogP contribution < -0.4 is 0 Å². The smallest absolute Gasteiger partial charge is 0.0224 e. The Kier molecular flexibility index (Phi) is 3.79. The first-order valence-electron chi connectivity index (χ1n) is 6.31. The zero-order valence-electron chi connectivity index (χ0n) is 12.7. The van der Waals surface area contributed by atoms with Gasteiger partial charge in [0.1, 0.15) is 0 Å². The molecule has 0 aliphatic carbocycles. The Labute approximate surface area is 97.8 Å². The van der Waals surface area contributed by atoms with E-state index in [0.717, 1.165) is 0 Å². The minimum atomic E-state index is 0.326. The summed E-state index contributed by atoms with van der Waals surface area (Å²) in [5.41, 5.74) is 1.37. The maximum absolute atomic E-state index is 2.46. The quantitative estimate of drug-likeness (QED) is 0.565. The van der Waals surface area contributed by atoms with Crippen molar-refractivity contribution in [3.05, 3.63) is 0 Å². The van der Waals surface area contributed by atoms with Crippen LogP contribution in [0.3, 0.4) is 0 Å². The maximum atomic E-state index is 2.46. The van der Waals surface area contributed by atoms with E-state index in [2.05, 4.69) is 69.2 Å². The third-order valence-electron chi connectivity index (χ3n) is 5.62. The van der Waals surface area contributed by atoms with Gasteiger partial charge in [-0.25, -0.2) is 0 Å². The second-order valence-electron chi connectivity index (χ2n) is 7.81. The van der Waals surface area contributed by atoms with Gasteiger partial charge in [-0.2, -0.15) is 0 Å². The fourth-order valence-corrected chi connectivity index (χ4v) is 2.74. The van der Waals surface area contributed by atoms with Gasteiger partial charge in [-0.1, -0.05) is 69.2 Å². The van der Waals surface area contributed by atoms with Crippen LogP contribution >= 0.6 is 0 Å². The molecule has 0 heterocycles. The van der Waals surface area contributed by atoms with Gasteiger partial charge < -0.3 is 0 Å². The van der Waals surface area contributed by atoms with Gasteiger partial charge in [0.2, 0.25) is 0 Å². The van der Waals surface area contributed by atoms with E-state index in [1.54, 1.807) is 0 Å². The van der Waals surface area contributed by atoms with Crippen LogP contribution in [0.25, 0.3) is 0 Å². The molecule has 0 aromatic rings. The van der Waals surface area contributed by atoms with Crippen LogP contribution in [0.5, 0.6) is 0 Å². The molecule has 0 nitrogen and oxygen atoms in total. The summed E-state index contributed by atoms with van der Waals surface area (Å²) in [6, 6.07) is 0. The summed E-state index contributed by atoms with van der Waals surface area (Å²) < 4.78 is 0. The Bertz CT molecular complexity index is 209. The number of rotatable bonds is 2. The molecule has 15 heavy (non-hydrogen) atoms. The van der Waals surface area contributed by atoms with Crippen LogP contribution in [0.4, 0.5) is 0 Å². The van der Waals surface area contributed by atoms with Gasteiger partial charge in [0.05, 0.1) is 0 Å². The van der Waals surface area contributed by atoms with Crippen molar-refractivity contribution in [3.8, 4) is 0 Å². The second kappa shape index (κ2) is 3.79. The zero-order valence-corrected chi connectivity index (χ0v) is 12.7. The van der Waals surface area contributed by atoms with Crippen LogP contribution in [0.1, 0.15) is 75.7 Å². The Morgan fingerprint density at radius 1 is 0.600 bits per heavy atom. The van der Waals surface area contributed by atoms with Gasteiger partial charge in [-0.05, 0) is 28.1 Å². The summed E-state index contributed by atoms with van der Waals surface area (Å²) in [7, 11) is 0. The van der Waals surface area contributed by atoms with Crippen LogP contribution in [0.15, 0.2) is 0 Å². The lowest BCUT2D eigenvalue weighted by atomic mass is 9.46.